The maximum absolute atomic E-state index is 11.3. The van der Waals surface area contributed by atoms with Crippen molar-refractivity contribution in [3.05, 3.63) is 17.5 Å². The van der Waals surface area contributed by atoms with Crippen LogP contribution in [0.15, 0.2) is 12.3 Å². The molecule has 2 aromatic heterocycles. The Kier molecular flexibility index (Phi) is 6.64. The Morgan fingerprint density at radius 3 is 2.77 bits per heavy atom. The second-order valence-electron chi connectivity index (χ2n) is 7.78. The highest BCUT2D eigenvalue weighted by Gasteiger charge is 2.33. The largest absolute Gasteiger partial charge is 0.393 e. The summed E-state index contributed by atoms with van der Waals surface area (Å²) in [5, 5.41) is 13.6. The molecule has 3 unspecified atom stereocenters. The third kappa shape index (κ3) is 4.80. The fraction of sp³-hybridized carbons (Fsp3) is 0.667. The van der Waals surface area contributed by atoms with E-state index in [1.165, 1.54) is 12.8 Å². The summed E-state index contributed by atoms with van der Waals surface area (Å²) >= 11 is 6.18. The van der Waals surface area contributed by atoms with Crippen LogP contribution in [0, 0.1) is 0 Å². The molecule has 2 fully saturated rings. The Morgan fingerprint density at radius 1 is 1.30 bits per heavy atom. The van der Waals surface area contributed by atoms with Crippen molar-refractivity contribution in [2.24, 2.45) is 0 Å². The molecule has 1 saturated heterocycles. The molecule has 4 rings (SSSR count). The average molecular weight is 461 g/mol. The number of rotatable bonds is 8. The highest BCUT2D eigenvalue weighted by atomic mass is 35.5. The molecule has 166 valence electrons. The molecule has 2 aliphatic rings. The molecule has 12 heteroatoms. The van der Waals surface area contributed by atoms with Crippen molar-refractivity contribution in [3.8, 4) is 0 Å². The number of halogens is 1. The van der Waals surface area contributed by atoms with E-state index in [-0.39, 0.29) is 24.2 Å². The number of fused-ring (bicyclic) bond motifs is 1. The molecule has 1 saturated carbocycles. The summed E-state index contributed by atoms with van der Waals surface area (Å²) in [6.45, 7) is -0.773. The summed E-state index contributed by atoms with van der Waals surface area (Å²) in [4.78, 5) is 27.1. The van der Waals surface area contributed by atoms with Gasteiger partial charge in [-0.2, -0.15) is 4.98 Å². The second kappa shape index (κ2) is 9.08. The molecule has 10 nitrogen and oxygen atoms in total. The van der Waals surface area contributed by atoms with Gasteiger partial charge in [-0.25, -0.2) is 4.98 Å². The van der Waals surface area contributed by atoms with Crippen LogP contribution in [-0.4, -0.2) is 60.6 Å². The molecule has 3 atom stereocenters. The van der Waals surface area contributed by atoms with E-state index in [0.29, 0.717) is 24.5 Å². The third-order valence-corrected chi connectivity index (χ3v) is 6.87. The molecular weight excluding hydrogens is 435 g/mol. The van der Waals surface area contributed by atoms with Crippen LogP contribution >= 0.6 is 19.2 Å². The number of hydrogen-bond acceptors (Lipinski definition) is 7. The molecule has 4 N–H and O–H groups in total. The molecule has 0 amide bonds. The minimum atomic E-state index is -4.52. The fourth-order valence-corrected chi connectivity index (χ4v) is 4.76. The molecular formula is C18H26ClN4O6P. The van der Waals surface area contributed by atoms with Crippen LogP contribution in [0.2, 0.25) is 5.28 Å². The zero-order chi connectivity index (χ0) is 21.3. The van der Waals surface area contributed by atoms with Gasteiger partial charge < -0.3 is 34.3 Å². The van der Waals surface area contributed by atoms with Crippen LogP contribution in [0.4, 0.5) is 5.82 Å². The molecule has 0 spiro atoms. The zero-order valence-electron chi connectivity index (χ0n) is 16.4. The van der Waals surface area contributed by atoms with Crippen molar-refractivity contribution in [1.82, 2.24) is 14.5 Å². The van der Waals surface area contributed by atoms with E-state index in [1.807, 2.05) is 16.8 Å². The lowest BCUT2D eigenvalue weighted by Gasteiger charge is -2.20. The summed E-state index contributed by atoms with van der Waals surface area (Å²) in [7, 11) is -4.52. The number of ether oxygens (including phenoxy) is 2. The van der Waals surface area contributed by atoms with Gasteiger partial charge in [0.25, 0.3) is 0 Å². The van der Waals surface area contributed by atoms with E-state index >= 15 is 0 Å². The summed E-state index contributed by atoms with van der Waals surface area (Å²) < 4.78 is 24.4. The molecule has 0 radical (unpaired) electrons. The smallest absolute Gasteiger partial charge is 0.356 e. The summed E-state index contributed by atoms with van der Waals surface area (Å²) in [5.74, 6) is -0.815. The topological polar surface area (TPSA) is 139 Å². The SMILES string of the molecule is O=P(O)(O)C(CO)OCC1CCC(n2ccc3c(NC4CCCC4)nc(Cl)nc32)O1. The van der Waals surface area contributed by atoms with Gasteiger partial charge in [-0.1, -0.05) is 12.8 Å². The van der Waals surface area contributed by atoms with E-state index in [9.17, 15) is 14.4 Å². The van der Waals surface area contributed by atoms with Gasteiger partial charge in [-0.15, -0.1) is 0 Å². The number of hydrogen-bond donors (Lipinski definition) is 4. The maximum Gasteiger partial charge on any atom is 0.356 e. The van der Waals surface area contributed by atoms with E-state index in [0.717, 1.165) is 24.0 Å². The molecule has 0 aromatic carbocycles. The van der Waals surface area contributed by atoms with Crippen molar-refractivity contribution >= 4 is 36.0 Å². The van der Waals surface area contributed by atoms with Crippen molar-refractivity contribution in [2.45, 2.75) is 62.7 Å². The van der Waals surface area contributed by atoms with Gasteiger partial charge in [0.2, 0.25) is 5.28 Å². The second-order valence-corrected chi connectivity index (χ2v) is 9.87. The lowest BCUT2D eigenvalue weighted by molar-refractivity contribution is -0.0558. The first-order valence-electron chi connectivity index (χ1n) is 10.1. The first-order valence-corrected chi connectivity index (χ1v) is 12.1. The predicted molar refractivity (Wildman–Crippen MR) is 110 cm³/mol. The number of aliphatic hydroxyl groups excluding tert-OH is 1. The van der Waals surface area contributed by atoms with Crippen LogP contribution < -0.4 is 5.32 Å². The fourth-order valence-electron chi connectivity index (χ4n) is 4.10. The first kappa shape index (κ1) is 22.0. The molecule has 0 bridgehead atoms. The van der Waals surface area contributed by atoms with Gasteiger partial charge in [-0.05, 0) is 43.4 Å². The Labute approximate surface area is 178 Å². The normalized spacial score (nSPS) is 24.0. The molecule has 1 aliphatic heterocycles. The van der Waals surface area contributed by atoms with E-state index < -0.39 is 20.0 Å². The van der Waals surface area contributed by atoms with E-state index in [2.05, 4.69) is 15.3 Å². The number of anilines is 1. The molecule has 30 heavy (non-hydrogen) atoms. The Morgan fingerprint density at radius 2 is 2.07 bits per heavy atom. The Hall–Kier alpha value is -1.26. The maximum atomic E-state index is 11.3. The van der Waals surface area contributed by atoms with Gasteiger partial charge in [0.1, 0.15) is 17.7 Å². The highest BCUT2D eigenvalue weighted by Crippen LogP contribution is 2.42. The monoisotopic (exact) mass is 460 g/mol. The zero-order valence-corrected chi connectivity index (χ0v) is 18.0. The van der Waals surface area contributed by atoms with Crippen molar-refractivity contribution in [2.75, 3.05) is 18.5 Å². The number of aromatic nitrogens is 3. The van der Waals surface area contributed by atoms with Crippen molar-refractivity contribution < 1.29 is 28.9 Å². The van der Waals surface area contributed by atoms with Crippen LogP contribution in [0.5, 0.6) is 0 Å². The van der Waals surface area contributed by atoms with E-state index in [4.69, 9.17) is 26.2 Å². The third-order valence-electron chi connectivity index (χ3n) is 5.64. The Balaban J connectivity index is 1.46. The lowest BCUT2D eigenvalue weighted by atomic mass is 10.2. The highest BCUT2D eigenvalue weighted by molar-refractivity contribution is 7.52. The van der Waals surface area contributed by atoms with Crippen LogP contribution in [0.3, 0.4) is 0 Å². The molecule has 1 aliphatic carbocycles. The van der Waals surface area contributed by atoms with Crippen molar-refractivity contribution in [1.29, 1.82) is 0 Å². The van der Waals surface area contributed by atoms with Crippen LogP contribution in [-0.2, 0) is 14.0 Å². The number of aliphatic hydroxyl groups is 1. The van der Waals surface area contributed by atoms with E-state index in [1.54, 1.807) is 0 Å². The minimum Gasteiger partial charge on any atom is -0.393 e. The minimum absolute atomic E-state index is 0.0176. The average Bonchev–Trinajstić information content (AvgIpc) is 3.41. The number of nitrogens with one attached hydrogen (secondary N) is 1. The quantitative estimate of drug-likeness (QED) is 0.345. The summed E-state index contributed by atoms with van der Waals surface area (Å²) in [6.07, 6.45) is 7.21. The van der Waals surface area contributed by atoms with Gasteiger partial charge >= 0.3 is 7.60 Å². The van der Waals surface area contributed by atoms with Crippen LogP contribution in [0.25, 0.3) is 11.0 Å². The van der Waals surface area contributed by atoms with Gasteiger partial charge in [-0.3, -0.25) is 4.57 Å². The molecule has 2 aromatic rings. The first-order chi connectivity index (χ1) is 14.3. The van der Waals surface area contributed by atoms with Gasteiger partial charge in [0.15, 0.2) is 5.85 Å². The molecule has 3 heterocycles. The predicted octanol–water partition coefficient (Wildman–Crippen LogP) is 2.63. The van der Waals surface area contributed by atoms with Gasteiger partial charge in [0, 0.05) is 12.2 Å². The van der Waals surface area contributed by atoms with Gasteiger partial charge in [0.05, 0.1) is 24.7 Å². The summed E-state index contributed by atoms with van der Waals surface area (Å²) in [6, 6.07) is 2.33. The standard InChI is InChI=1S/C18H26ClN4O6P/c19-18-21-16(20-11-3-1-2-4-11)13-7-8-23(17(13)22-18)14-6-5-12(29-14)10-28-15(9-24)30(25,26)27/h7-8,11-12,14-15,24H,1-6,9-10H2,(H,20,21,22)(H2,25,26,27). The Bertz CT molecular complexity index is 931. The number of nitrogens with zero attached hydrogens (tertiary/aromatic N) is 3. The van der Waals surface area contributed by atoms with Crippen LogP contribution in [0.1, 0.15) is 44.8 Å². The van der Waals surface area contributed by atoms with Crippen molar-refractivity contribution in [3.63, 3.8) is 0 Å². The lowest BCUT2D eigenvalue weighted by Crippen LogP contribution is -2.24. The summed E-state index contributed by atoms with van der Waals surface area (Å²) in [5.41, 5.74) is 0.672.